The van der Waals surface area contributed by atoms with E-state index in [1.807, 2.05) is 41.9 Å². The van der Waals surface area contributed by atoms with E-state index in [2.05, 4.69) is 26.8 Å². The second-order valence-corrected chi connectivity index (χ2v) is 7.07. The lowest BCUT2D eigenvalue weighted by Crippen LogP contribution is -2.29. The Morgan fingerprint density at radius 3 is 2.54 bits per heavy atom. The molecule has 1 fully saturated rings. The van der Waals surface area contributed by atoms with Gasteiger partial charge in [0.15, 0.2) is 10.8 Å². The van der Waals surface area contributed by atoms with Gasteiger partial charge in [0, 0.05) is 12.6 Å². The molecular formula is C20H19ClN4O. The average Bonchev–Trinajstić information content (AvgIpc) is 2.99. The van der Waals surface area contributed by atoms with E-state index >= 15 is 0 Å². The summed E-state index contributed by atoms with van der Waals surface area (Å²) >= 11 is 6.33. The first-order chi connectivity index (χ1) is 12.6. The summed E-state index contributed by atoms with van der Waals surface area (Å²) in [5.74, 6) is 6.95. The highest BCUT2D eigenvalue weighted by Crippen LogP contribution is 2.28. The molecule has 0 unspecified atom stereocenters. The molecule has 2 heterocycles. The van der Waals surface area contributed by atoms with E-state index in [0.717, 1.165) is 30.7 Å². The van der Waals surface area contributed by atoms with Crippen LogP contribution in [0.15, 0.2) is 30.3 Å². The van der Waals surface area contributed by atoms with Crippen molar-refractivity contribution in [2.75, 3.05) is 0 Å². The molecule has 1 N–H and O–H groups in total. The van der Waals surface area contributed by atoms with Gasteiger partial charge in [0.25, 0.3) is 0 Å². The highest BCUT2D eigenvalue weighted by molar-refractivity contribution is 6.33. The summed E-state index contributed by atoms with van der Waals surface area (Å²) < 4.78 is 1.89. The normalized spacial score (nSPS) is 16.3. The maximum Gasteiger partial charge on any atom is 0.208 e. The second-order valence-electron chi connectivity index (χ2n) is 6.71. The summed E-state index contributed by atoms with van der Waals surface area (Å²) in [6.07, 6.45) is 4.53. The second kappa shape index (κ2) is 6.71. The molecular weight excluding hydrogens is 348 g/mol. The minimum absolute atomic E-state index is 0.271. The van der Waals surface area contributed by atoms with E-state index < -0.39 is 5.60 Å². The molecule has 0 atom stereocenters. The Bertz CT molecular complexity index is 1010. The molecule has 2 aromatic heterocycles. The van der Waals surface area contributed by atoms with Gasteiger partial charge in [0.1, 0.15) is 16.9 Å². The topological polar surface area (TPSA) is 63.8 Å². The quantitative estimate of drug-likeness (QED) is 0.526. The lowest BCUT2D eigenvalue weighted by molar-refractivity contribution is 0.0610. The van der Waals surface area contributed by atoms with Gasteiger partial charge in [-0.25, -0.2) is 15.0 Å². The largest absolute Gasteiger partial charge is 0.378 e. The van der Waals surface area contributed by atoms with Crippen LogP contribution in [0.1, 0.15) is 37.9 Å². The molecule has 1 aromatic carbocycles. The van der Waals surface area contributed by atoms with Gasteiger partial charge in [-0.1, -0.05) is 54.3 Å². The van der Waals surface area contributed by atoms with E-state index in [0.29, 0.717) is 29.8 Å². The number of fused-ring (bicyclic) bond motifs is 1. The van der Waals surface area contributed by atoms with Crippen molar-refractivity contribution < 1.29 is 5.11 Å². The Morgan fingerprint density at radius 2 is 1.81 bits per heavy atom. The first kappa shape index (κ1) is 17.0. The zero-order valence-electron chi connectivity index (χ0n) is 14.5. The number of nitrogens with zero attached hydrogens (tertiary/aromatic N) is 4. The highest BCUT2D eigenvalue weighted by atomic mass is 35.5. The SMILES string of the molecule is Cn1c(-c2ccccc2)nc2c(Cl)nc(C#CC3(O)CCCCC3)nc21. The zero-order valence-corrected chi connectivity index (χ0v) is 15.3. The third-order valence-corrected chi connectivity index (χ3v) is 5.06. The van der Waals surface area contributed by atoms with Crippen LogP contribution in [0.5, 0.6) is 0 Å². The maximum atomic E-state index is 10.5. The van der Waals surface area contributed by atoms with Crippen LogP contribution in [0, 0.1) is 11.8 Å². The number of hydrogen-bond donors (Lipinski definition) is 1. The van der Waals surface area contributed by atoms with E-state index in [4.69, 9.17) is 11.6 Å². The minimum Gasteiger partial charge on any atom is -0.378 e. The molecule has 26 heavy (non-hydrogen) atoms. The molecule has 1 aliphatic rings. The van der Waals surface area contributed by atoms with Crippen LogP contribution in [0.2, 0.25) is 5.15 Å². The molecule has 0 aliphatic heterocycles. The van der Waals surface area contributed by atoms with Gasteiger partial charge < -0.3 is 9.67 Å². The average molecular weight is 367 g/mol. The van der Waals surface area contributed by atoms with Crippen molar-refractivity contribution in [3.05, 3.63) is 41.3 Å². The van der Waals surface area contributed by atoms with Crippen molar-refractivity contribution in [3.8, 4) is 23.2 Å². The standard InChI is InChI=1S/C20H19ClN4O/c1-25-18(14-8-4-2-5-9-14)24-16-17(21)22-15(23-19(16)25)10-13-20(26)11-6-3-7-12-20/h2,4-5,8-9,26H,3,6-7,11-12H2,1H3. The summed E-state index contributed by atoms with van der Waals surface area (Å²) in [4.78, 5) is 13.4. The fourth-order valence-electron chi connectivity index (χ4n) is 3.36. The molecule has 0 bridgehead atoms. The first-order valence-electron chi connectivity index (χ1n) is 8.77. The van der Waals surface area contributed by atoms with E-state index in [1.54, 1.807) is 0 Å². The molecule has 132 valence electrons. The number of aromatic nitrogens is 4. The summed E-state index contributed by atoms with van der Waals surface area (Å²) in [7, 11) is 1.90. The van der Waals surface area contributed by atoms with Gasteiger partial charge in [0.2, 0.25) is 5.82 Å². The predicted octanol–water partition coefficient (Wildman–Crippen LogP) is 3.73. The van der Waals surface area contributed by atoms with Crippen LogP contribution in [0.4, 0.5) is 0 Å². The van der Waals surface area contributed by atoms with Crippen LogP contribution in [0.3, 0.4) is 0 Å². The molecule has 5 nitrogen and oxygen atoms in total. The van der Waals surface area contributed by atoms with Crippen molar-refractivity contribution in [2.45, 2.75) is 37.7 Å². The molecule has 0 amide bonds. The van der Waals surface area contributed by atoms with Gasteiger partial charge in [0.05, 0.1) is 0 Å². The van der Waals surface area contributed by atoms with Crippen molar-refractivity contribution in [3.63, 3.8) is 0 Å². The number of aliphatic hydroxyl groups is 1. The van der Waals surface area contributed by atoms with Gasteiger partial charge in [-0.3, -0.25) is 0 Å². The summed E-state index contributed by atoms with van der Waals surface area (Å²) in [6, 6.07) is 9.86. The van der Waals surface area contributed by atoms with Crippen LogP contribution in [-0.2, 0) is 7.05 Å². The van der Waals surface area contributed by atoms with Gasteiger partial charge in [-0.05, 0) is 31.6 Å². The number of aryl methyl sites for hydroxylation is 1. The molecule has 3 aromatic rings. The van der Waals surface area contributed by atoms with Crippen LogP contribution >= 0.6 is 11.6 Å². The van der Waals surface area contributed by atoms with Crippen LogP contribution in [-0.4, -0.2) is 30.2 Å². The molecule has 0 radical (unpaired) electrons. The van der Waals surface area contributed by atoms with E-state index in [1.165, 1.54) is 0 Å². The van der Waals surface area contributed by atoms with Crippen molar-refractivity contribution >= 4 is 22.8 Å². The highest BCUT2D eigenvalue weighted by Gasteiger charge is 2.26. The van der Waals surface area contributed by atoms with Crippen molar-refractivity contribution in [2.24, 2.45) is 7.05 Å². The Morgan fingerprint density at radius 1 is 1.08 bits per heavy atom. The van der Waals surface area contributed by atoms with Crippen molar-refractivity contribution in [1.29, 1.82) is 0 Å². The fourth-order valence-corrected chi connectivity index (χ4v) is 3.57. The fraction of sp³-hybridized carbons (Fsp3) is 0.350. The van der Waals surface area contributed by atoms with Gasteiger partial charge in [-0.2, -0.15) is 0 Å². The summed E-state index contributed by atoms with van der Waals surface area (Å²) in [5.41, 5.74) is 1.22. The number of imidazole rings is 1. The number of benzene rings is 1. The molecule has 1 aliphatic carbocycles. The lowest BCUT2D eigenvalue weighted by atomic mass is 9.85. The van der Waals surface area contributed by atoms with Crippen molar-refractivity contribution in [1.82, 2.24) is 19.5 Å². The van der Waals surface area contributed by atoms with Crippen LogP contribution < -0.4 is 0 Å². The third kappa shape index (κ3) is 3.18. The summed E-state index contributed by atoms with van der Waals surface area (Å²) in [6.45, 7) is 0. The van der Waals surface area contributed by atoms with E-state index in [9.17, 15) is 5.11 Å². The first-order valence-corrected chi connectivity index (χ1v) is 9.14. The molecule has 0 spiro atoms. The molecule has 0 saturated heterocycles. The number of halogens is 1. The molecule has 4 rings (SSSR count). The lowest BCUT2D eigenvalue weighted by Gasteiger charge is -2.26. The monoisotopic (exact) mass is 366 g/mol. The minimum atomic E-state index is -0.940. The van der Waals surface area contributed by atoms with Gasteiger partial charge >= 0.3 is 0 Å². The smallest absolute Gasteiger partial charge is 0.208 e. The van der Waals surface area contributed by atoms with Crippen LogP contribution in [0.25, 0.3) is 22.6 Å². The Kier molecular flexibility index (Phi) is 4.39. The predicted molar refractivity (Wildman–Crippen MR) is 102 cm³/mol. The maximum absolute atomic E-state index is 10.5. The number of rotatable bonds is 1. The number of hydrogen-bond acceptors (Lipinski definition) is 4. The summed E-state index contributed by atoms with van der Waals surface area (Å²) in [5, 5.41) is 10.8. The third-order valence-electron chi connectivity index (χ3n) is 4.80. The van der Waals surface area contributed by atoms with Gasteiger partial charge in [-0.15, -0.1) is 0 Å². The zero-order chi connectivity index (χ0) is 18.1. The Balaban J connectivity index is 1.76. The molecule has 1 saturated carbocycles. The van der Waals surface area contributed by atoms with E-state index in [-0.39, 0.29) is 5.15 Å². The molecule has 6 heteroatoms. The Labute approximate surface area is 157 Å². The Hall–Kier alpha value is -2.42.